The third kappa shape index (κ3) is 2.47. The number of hydrogen-bond acceptors (Lipinski definition) is 1. The summed E-state index contributed by atoms with van der Waals surface area (Å²) >= 11 is 0. The number of H-pyrrole nitrogens is 1. The molecule has 2 nitrogen and oxygen atoms in total. The van der Waals surface area contributed by atoms with E-state index in [2.05, 4.69) is 35.3 Å². The molecule has 1 aliphatic carbocycles. The van der Waals surface area contributed by atoms with Crippen molar-refractivity contribution in [2.45, 2.75) is 6.42 Å². The van der Waals surface area contributed by atoms with Gasteiger partial charge in [-0.2, -0.15) is 0 Å². The van der Waals surface area contributed by atoms with Gasteiger partial charge in [0.15, 0.2) is 5.78 Å². The lowest BCUT2D eigenvalue weighted by molar-refractivity contribution is 0.103. The Labute approximate surface area is 151 Å². The van der Waals surface area contributed by atoms with E-state index in [0.717, 1.165) is 33.5 Å². The number of para-hydroxylation sites is 1. The second-order valence-corrected chi connectivity index (χ2v) is 6.73. The van der Waals surface area contributed by atoms with Gasteiger partial charge in [-0.3, -0.25) is 4.79 Å². The van der Waals surface area contributed by atoms with Crippen LogP contribution in [-0.4, -0.2) is 10.8 Å². The summed E-state index contributed by atoms with van der Waals surface area (Å²) in [6.07, 6.45) is 2.74. The number of carbonyl (C=O) groups is 1. The highest BCUT2D eigenvalue weighted by molar-refractivity contribution is 6.13. The fourth-order valence-corrected chi connectivity index (χ4v) is 3.67. The summed E-state index contributed by atoms with van der Waals surface area (Å²) in [7, 11) is 0. The number of Topliss-reactive ketones (excluding diaryl/α,β-unsaturated/α-hetero) is 1. The van der Waals surface area contributed by atoms with Crippen molar-refractivity contribution in [3.8, 4) is 11.3 Å². The van der Waals surface area contributed by atoms with Crippen molar-refractivity contribution < 1.29 is 4.79 Å². The van der Waals surface area contributed by atoms with Crippen molar-refractivity contribution >= 4 is 22.8 Å². The Hall–Kier alpha value is -3.39. The molecule has 4 aromatic rings. The highest BCUT2D eigenvalue weighted by Gasteiger charge is 2.19. The summed E-state index contributed by atoms with van der Waals surface area (Å²) in [6.45, 7) is 0. The quantitative estimate of drug-likeness (QED) is 0.482. The molecule has 0 spiro atoms. The van der Waals surface area contributed by atoms with E-state index in [0.29, 0.717) is 6.42 Å². The summed E-state index contributed by atoms with van der Waals surface area (Å²) in [4.78, 5) is 16.4. The lowest BCUT2D eigenvalue weighted by atomic mass is 9.99. The number of aromatic nitrogens is 1. The van der Waals surface area contributed by atoms with Crippen LogP contribution in [-0.2, 0) is 6.42 Å². The zero-order valence-corrected chi connectivity index (χ0v) is 14.2. The molecule has 3 aromatic carbocycles. The third-order valence-electron chi connectivity index (χ3n) is 5.02. The van der Waals surface area contributed by atoms with Gasteiger partial charge in [0.2, 0.25) is 0 Å². The van der Waals surface area contributed by atoms with Gasteiger partial charge in [0.25, 0.3) is 0 Å². The maximum atomic E-state index is 13.0. The third-order valence-corrected chi connectivity index (χ3v) is 5.02. The first-order valence-electron chi connectivity index (χ1n) is 8.79. The zero-order chi connectivity index (χ0) is 17.5. The minimum atomic E-state index is 0.110. The predicted molar refractivity (Wildman–Crippen MR) is 106 cm³/mol. The molecule has 1 aliphatic rings. The number of carbonyl (C=O) groups excluding carboxylic acids is 1. The number of hydrogen-bond donors (Lipinski definition) is 1. The van der Waals surface area contributed by atoms with Gasteiger partial charge in [-0.1, -0.05) is 60.7 Å². The molecule has 124 valence electrons. The molecule has 0 unspecified atom stereocenters. The Balaban J connectivity index is 1.49. The largest absolute Gasteiger partial charge is 0.355 e. The van der Waals surface area contributed by atoms with E-state index in [-0.39, 0.29) is 5.78 Å². The van der Waals surface area contributed by atoms with E-state index in [1.807, 2.05) is 54.6 Å². The number of ketones is 1. The van der Waals surface area contributed by atoms with Crippen molar-refractivity contribution in [1.29, 1.82) is 0 Å². The van der Waals surface area contributed by atoms with Gasteiger partial charge in [0.1, 0.15) is 0 Å². The molecule has 2 heteroatoms. The molecule has 0 fully saturated rings. The predicted octanol–water partition coefficient (Wildman–Crippen LogP) is 5.66. The Morgan fingerprint density at radius 3 is 2.58 bits per heavy atom. The standard InChI is InChI=1S/C24H17NO/c26-24(21-12-16-6-1-2-7-17(16)13-21)20-10-5-9-18(14-20)23-15-19-8-3-4-11-22(19)25-23/h1-12,14-15,25H,13H2. The van der Waals surface area contributed by atoms with Crippen molar-refractivity contribution in [2.24, 2.45) is 0 Å². The average molecular weight is 335 g/mol. The first-order chi connectivity index (χ1) is 12.8. The maximum absolute atomic E-state index is 13.0. The zero-order valence-electron chi connectivity index (χ0n) is 14.2. The highest BCUT2D eigenvalue weighted by Crippen LogP contribution is 2.29. The van der Waals surface area contributed by atoms with Crippen molar-refractivity contribution in [1.82, 2.24) is 4.98 Å². The van der Waals surface area contributed by atoms with E-state index >= 15 is 0 Å². The normalized spacial score (nSPS) is 12.8. The monoisotopic (exact) mass is 335 g/mol. The van der Waals surface area contributed by atoms with Crippen LogP contribution in [0.15, 0.2) is 84.4 Å². The average Bonchev–Trinajstić information content (AvgIpc) is 3.31. The smallest absolute Gasteiger partial charge is 0.189 e. The summed E-state index contributed by atoms with van der Waals surface area (Å²) < 4.78 is 0. The Morgan fingerprint density at radius 2 is 1.69 bits per heavy atom. The van der Waals surface area contributed by atoms with E-state index < -0.39 is 0 Å². The summed E-state index contributed by atoms with van der Waals surface area (Å²) in [5, 5.41) is 1.17. The van der Waals surface area contributed by atoms with E-state index in [1.54, 1.807) is 0 Å². The summed E-state index contributed by atoms with van der Waals surface area (Å²) in [6, 6.07) is 26.4. The molecule has 0 saturated carbocycles. The fourth-order valence-electron chi connectivity index (χ4n) is 3.67. The number of rotatable bonds is 3. The summed E-state index contributed by atoms with van der Waals surface area (Å²) in [5.41, 5.74) is 7.14. The van der Waals surface area contributed by atoms with Crippen LogP contribution in [0.4, 0.5) is 0 Å². The molecule has 0 atom stereocenters. The second-order valence-electron chi connectivity index (χ2n) is 6.73. The topological polar surface area (TPSA) is 32.9 Å². The maximum Gasteiger partial charge on any atom is 0.189 e. The highest BCUT2D eigenvalue weighted by atomic mass is 16.1. The van der Waals surface area contributed by atoms with Gasteiger partial charge in [-0.05, 0) is 41.0 Å². The number of nitrogens with one attached hydrogen (secondary N) is 1. The molecule has 0 aliphatic heterocycles. The molecule has 1 N–H and O–H groups in total. The summed E-state index contributed by atoms with van der Waals surface area (Å²) in [5.74, 6) is 0.110. The van der Waals surface area contributed by atoms with Gasteiger partial charge in [-0.25, -0.2) is 0 Å². The second kappa shape index (κ2) is 5.85. The molecular formula is C24H17NO. The van der Waals surface area contributed by atoms with Crippen LogP contribution in [0.2, 0.25) is 0 Å². The van der Waals surface area contributed by atoms with Gasteiger partial charge in [0, 0.05) is 34.2 Å². The first-order valence-corrected chi connectivity index (χ1v) is 8.79. The number of aromatic amines is 1. The van der Waals surface area contributed by atoms with Crippen LogP contribution in [0.5, 0.6) is 0 Å². The van der Waals surface area contributed by atoms with Gasteiger partial charge < -0.3 is 4.98 Å². The molecule has 0 bridgehead atoms. The number of fused-ring (bicyclic) bond motifs is 2. The molecular weight excluding hydrogens is 318 g/mol. The van der Waals surface area contributed by atoms with Gasteiger partial charge in [0.05, 0.1) is 0 Å². The minimum absolute atomic E-state index is 0.110. The lowest BCUT2D eigenvalue weighted by Gasteiger charge is -2.05. The van der Waals surface area contributed by atoms with Crippen molar-refractivity contribution in [3.05, 3.63) is 101 Å². The lowest BCUT2D eigenvalue weighted by Crippen LogP contribution is -2.03. The number of benzene rings is 3. The van der Waals surface area contributed by atoms with Crippen LogP contribution in [0.3, 0.4) is 0 Å². The fraction of sp³-hybridized carbons (Fsp3) is 0.0417. The molecule has 1 aromatic heterocycles. The van der Waals surface area contributed by atoms with Crippen LogP contribution in [0.1, 0.15) is 21.5 Å². The van der Waals surface area contributed by atoms with E-state index in [4.69, 9.17) is 0 Å². The molecule has 26 heavy (non-hydrogen) atoms. The van der Waals surface area contributed by atoms with Crippen molar-refractivity contribution in [2.75, 3.05) is 0 Å². The molecule has 5 rings (SSSR count). The van der Waals surface area contributed by atoms with Crippen LogP contribution in [0, 0.1) is 0 Å². The van der Waals surface area contributed by atoms with Crippen LogP contribution in [0.25, 0.3) is 28.2 Å². The van der Waals surface area contributed by atoms with Crippen LogP contribution >= 0.6 is 0 Å². The first kappa shape index (κ1) is 14.9. The minimum Gasteiger partial charge on any atom is -0.355 e. The van der Waals surface area contributed by atoms with Gasteiger partial charge in [-0.15, -0.1) is 0 Å². The Bertz CT molecular complexity index is 1150. The SMILES string of the molecule is O=C(C1=Cc2ccccc2C1)c1cccc(-c2cc3ccccc3[nH]2)c1. The molecule has 0 saturated heterocycles. The van der Waals surface area contributed by atoms with E-state index in [9.17, 15) is 4.79 Å². The molecule has 0 amide bonds. The van der Waals surface area contributed by atoms with Crippen molar-refractivity contribution in [3.63, 3.8) is 0 Å². The van der Waals surface area contributed by atoms with Gasteiger partial charge >= 0.3 is 0 Å². The number of allylic oxidation sites excluding steroid dienone is 1. The Morgan fingerprint density at radius 1 is 0.846 bits per heavy atom. The van der Waals surface area contributed by atoms with Crippen LogP contribution < -0.4 is 0 Å². The van der Waals surface area contributed by atoms with E-state index in [1.165, 1.54) is 10.9 Å². The molecule has 1 heterocycles. The molecule has 0 radical (unpaired) electrons. The Kier molecular flexibility index (Phi) is 3.36.